The lowest BCUT2D eigenvalue weighted by Gasteiger charge is -2.22. The fourth-order valence-corrected chi connectivity index (χ4v) is 4.34. The second-order valence-corrected chi connectivity index (χ2v) is 8.04. The van der Waals surface area contributed by atoms with E-state index in [1.807, 2.05) is 12.3 Å². The van der Waals surface area contributed by atoms with Crippen LogP contribution in [0, 0.1) is 0 Å². The van der Waals surface area contributed by atoms with Crippen molar-refractivity contribution in [3.05, 3.63) is 106 Å². The first-order chi connectivity index (χ1) is 14.3. The van der Waals surface area contributed by atoms with Crippen LogP contribution in [0.3, 0.4) is 0 Å². The van der Waals surface area contributed by atoms with E-state index in [0.717, 1.165) is 41.1 Å². The minimum Gasteiger partial charge on any atom is -0.310 e. The Bertz CT molecular complexity index is 1140. The molecule has 0 fully saturated rings. The molecule has 4 nitrogen and oxygen atoms in total. The zero-order valence-electron chi connectivity index (χ0n) is 15.8. The van der Waals surface area contributed by atoms with Gasteiger partial charge in [0.2, 0.25) is 0 Å². The van der Waals surface area contributed by atoms with Crippen molar-refractivity contribution in [2.45, 2.75) is 19.4 Å². The zero-order valence-corrected chi connectivity index (χ0v) is 17.4. The summed E-state index contributed by atoms with van der Waals surface area (Å²) in [5, 5.41) is 9.00. The Morgan fingerprint density at radius 2 is 1.55 bits per heavy atom. The number of allylic oxidation sites excluding steroid dienone is 1. The zero-order chi connectivity index (χ0) is 19.6. The summed E-state index contributed by atoms with van der Waals surface area (Å²) in [7, 11) is 0. The molecule has 0 amide bonds. The molecule has 0 N–H and O–H groups in total. The van der Waals surface area contributed by atoms with E-state index < -0.39 is 0 Å². The van der Waals surface area contributed by atoms with Gasteiger partial charge in [-0.2, -0.15) is 0 Å². The predicted octanol–water partition coefficient (Wildman–Crippen LogP) is 5.55. The summed E-state index contributed by atoms with van der Waals surface area (Å²) >= 11 is 3.50. The summed E-state index contributed by atoms with van der Waals surface area (Å²) in [6, 6.07) is 23.3. The normalized spacial score (nSPS) is 13.2. The highest BCUT2D eigenvalue weighted by atomic mass is 79.9. The molecule has 1 aliphatic rings. The molecule has 1 aliphatic heterocycles. The second-order valence-electron chi connectivity index (χ2n) is 7.12. The van der Waals surface area contributed by atoms with Gasteiger partial charge in [-0.3, -0.25) is 4.98 Å². The van der Waals surface area contributed by atoms with Crippen LogP contribution in [0.25, 0.3) is 17.0 Å². The van der Waals surface area contributed by atoms with Crippen molar-refractivity contribution < 1.29 is 0 Å². The molecule has 0 saturated heterocycles. The lowest BCUT2D eigenvalue weighted by atomic mass is 9.88. The lowest BCUT2D eigenvalue weighted by molar-refractivity contribution is 0.609. The molecule has 0 spiro atoms. The van der Waals surface area contributed by atoms with Crippen LogP contribution >= 0.6 is 15.9 Å². The summed E-state index contributed by atoms with van der Waals surface area (Å²) in [5.41, 5.74) is 6.19. The molecule has 0 aliphatic carbocycles. The minimum absolute atomic E-state index is 0.799. The Morgan fingerprint density at radius 3 is 2.21 bits per heavy atom. The van der Waals surface area contributed by atoms with Crippen molar-refractivity contribution in [3.8, 4) is 11.4 Å². The van der Waals surface area contributed by atoms with Crippen molar-refractivity contribution >= 4 is 21.5 Å². The van der Waals surface area contributed by atoms with Crippen molar-refractivity contribution in [3.63, 3.8) is 0 Å². The molecule has 0 unspecified atom stereocenters. The van der Waals surface area contributed by atoms with Gasteiger partial charge in [0.15, 0.2) is 5.82 Å². The standard InChI is InChI=1S/C24H19BrN4/c25-21-13-20(15-26-16-21)24-28-27-22-14-19(11-12-29(22)24)23(17-7-3-1-4-8-17)18-9-5-2-6-10-18/h1-10,13,15-16H,11-12,14H2. The Labute approximate surface area is 178 Å². The highest BCUT2D eigenvalue weighted by Gasteiger charge is 2.23. The van der Waals surface area contributed by atoms with E-state index in [2.05, 4.69) is 96.3 Å². The minimum atomic E-state index is 0.799. The van der Waals surface area contributed by atoms with Crippen LogP contribution in [0.2, 0.25) is 0 Å². The average Bonchev–Trinajstić information content (AvgIpc) is 3.19. The van der Waals surface area contributed by atoms with E-state index in [1.165, 1.54) is 22.3 Å². The largest absolute Gasteiger partial charge is 0.310 e. The third-order valence-corrected chi connectivity index (χ3v) is 5.71. The first-order valence-electron chi connectivity index (χ1n) is 9.65. The van der Waals surface area contributed by atoms with Gasteiger partial charge in [-0.1, -0.05) is 66.2 Å². The molecule has 0 saturated carbocycles. The fourth-order valence-electron chi connectivity index (χ4n) is 3.97. The molecule has 5 heteroatoms. The number of nitrogens with zero attached hydrogens (tertiary/aromatic N) is 4. The topological polar surface area (TPSA) is 43.6 Å². The van der Waals surface area contributed by atoms with Crippen LogP contribution in [0.15, 0.2) is 89.2 Å². The first-order valence-corrected chi connectivity index (χ1v) is 10.4. The van der Waals surface area contributed by atoms with Crippen LogP contribution in [0.1, 0.15) is 23.4 Å². The Balaban J connectivity index is 1.59. The summed E-state index contributed by atoms with van der Waals surface area (Å²) in [6.45, 7) is 0.864. The van der Waals surface area contributed by atoms with E-state index >= 15 is 0 Å². The van der Waals surface area contributed by atoms with Crippen LogP contribution in [0.5, 0.6) is 0 Å². The van der Waals surface area contributed by atoms with Crippen molar-refractivity contribution in [1.82, 2.24) is 19.7 Å². The van der Waals surface area contributed by atoms with Crippen LogP contribution in [0.4, 0.5) is 0 Å². The van der Waals surface area contributed by atoms with E-state index in [0.29, 0.717) is 0 Å². The molecule has 0 atom stereocenters. The molecule has 0 radical (unpaired) electrons. The maximum absolute atomic E-state index is 4.52. The Morgan fingerprint density at radius 1 is 0.862 bits per heavy atom. The van der Waals surface area contributed by atoms with Crippen LogP contribution in [-0.2, 0) is 13.0 Å². The molecule has 0 bridgehead atoms. The second kappa shape index (κ2) is 7.76. The van der Waals surface area contributed by atoms with Gasteiger partial charge in [-0.15, -0.1) is 10.2 Å². The van der Waals surface area contributed by atoms with E-state index in [4.69, 9.17) is 0 Å². The van der Waals surface area contributed by atoms with Gasteiger partial charge in [0.25, 0.3) is 0 Å². The molecule has 5 rings (SSSR count). The van der Waals surface area contributed by atoms with Gasteiger partial charge in [-0.05, 0) is 45.1 Å². The van der Waals surface area contributed by atoms with E-state index in [9.17, 15) is 0 Å². The number of pyridine rings is 1. The molecular weight excluding hydrogens is 424 g/mol. The number of fused-ring (bicyclic) bond motifs is 1. The maximum Gasteiger partial charge on any atom is 0.165 e. The smallest absolute Gasteiger partial charge is 0.165 e. The van der Waals surface area contributed by atoms with Gasteiger partial charge in [0.1, 0.15) is 5.82 Å². The summed E-state index contributed by atoms with van der Waals surface area (Å²) < 4.78 is 3.17. The molecule has 2 aromatic carbocycles. The number of rotatable bonds is 3. The maximum atomic E-state index is 4.52. The summed E-state index contributed by atoms with van der Waals surface area (Å²) in [5.74, 6) is 1.89. The highest BCUT2D eigenvalue weighted by molar-refractivity contribution is 9.10. The van der Waals surface area contributed by atoms with Crippen LogP contribution in [-0.4, -0.2) is 19.7 Å². The summed E-state index contributed by atoms with van der Waals surface area (Å²) in [6.07, 6.45) is 5.39. The average molecular weight is 443 g/mol. The van der Waals surface area contributed by atoms with Crippen LogP contribution < -0.4 is 0 Å². The number of hydrogen-bond acceptors (Lipinski definition) is 3. The monoisotopic (exact) mass is 442 g/mol. The molecule has 4 aromatic rings. The van der Waals surface area contributed by atoms with Gasteiger partial charge >= 0.3 is 0 Å². The van der Waals surface area contributed by atoms with Crippen molar-refractivity contribution in [1.29, 1.82) is 0 Å². The van der Waals surface area contributed by atoms with Gasteiger partial charge in [-0.25, -0.2) is 0 Å². The SMILES string of the molecule is Brc1cncc(-c2nnc3n2CCC(=C(c2ccccc2)c2ccccc2)C3)c1. The van der Waals surface area contributed by atoms with Crippen molar-refractivity contribution in [2.24, 2.45) is 0 Å². The first kappa shape index (κ1) is 18.0. The quantitative estimate of drug-likeness (QED) is 0.417. The number of benzene rings is 2. The molecular formula is C24H19BrN4. The molecule has 29 heavy (non-hydrogen) atoms. The number of aromatic nitrogens is 4. The summed E-state index contributed by atoms with van der Waals surface area (Å²) in [4.78, 5) is 4.27. The van der Waals surface area contributed by atoms with E-state index in [1.54, 1.807) is 6.20 Å². The third kappa shape index (κ3) is 3.54. The predicted molar refractivity (Wildman–Crippen MR) is 118 cm³/mol. The fraction of sp³-hybridized carbons (Fsp3) is 0.125. The number of hydrogen-bond donors (Lipinski definition) is 0. The lowest BCUT2D eigenvalue weighted by Crippen LogP contribution is -2.15. The Hall–Kier alpha value is -3.05. The van der Waals surface area contributed by atoms with Gasteiger partial charge in [0, 0.05) is 35.4 Å². The van der Waals surface area contributed by atoms with Gasteiger partial charge < -0.3 is 4.57 Å². The molecule has 142 valence electrons. The number of halogens is 1. The van der Waals surface area contributed by atoms with Crippen molar-refractivity contribution in [2.75, 3.05) is 0 Å². The third-order valence-electron chi connectivity index (χ3n) is 5.28. The Kier molecular flexibility index (Phi) is 4.82. The molecule has 2 aromatic heterocycles. The van der Waals surface area contributed by atoms with E-state index in [-0.39, 0.29) is 0 Å². The molecule has 3 heterocycles. The van der Waals surface area contributed by atoms with Gasteiger partial charge in [0.05, 0.1) is 0 Å². The highest BCUT2D eigenvalue weighted by Crippen LogP contribution is 2.34.